The third kappa shape index (κ3) is 2.76. The predicted octanol–water partition coefficient (Wildman–Crippen LogP) is 3.65. The molecule has 0 aliphatic rings. The summed E-state index contributed by atoms with van der Waals surface area (Å²) in [7, 11) is 0. The number of aromatic nitrogens is 6. The van der Waals surface area contributed by atoms with E-state index in [0.29, 0.717) is 27.8 Å². The largest absolute Gasteiger partial charge is 0.277 e. The second-order valence-electron chi connectivity index (χ2n) is 5.17. The fourth-order valence-corrected chi connectivity index (χ4v) is 2.59. The van der Waals surface area contributed by atoms with Crippen molar-refractivity contribution in [2.24, 2.45) is 0 Å². The molecule has 0 aliphatic carbocycles. The SMILES string of the molecule is Fc1ccc(-c2[nH]ncc2-c2nnnn2-c2ccc(Cl)cc2)c(F)c1. The summed E-state index contributed by atoms with van der Waals surface area (Å²) in [6.07, 6.45) is 1.48. The number of tetrazole rings is 1. The van der Waals surface area contributed by atoms with Gasteiger partial charge >= 0.3 is 0 Å². The number of hydrogen-bond donors (Lipinski definition) is 1. The lowest BCUT2D eigenvalue weighted by atomic mass is 10.1. The van der Waals surface area contributed by atoms with Crippen LogP contribution in [-0.4, -0.2) is 30.4 Å². The fraction of sp³-hybridized carbons (Fsp3) is 0. The lowest BCUT2D eigenvalue weighted by Crippen LogP contribution is -2.00. The smallest absolute Gasteiger partial charge is 0.190 e. The molecule has 0 bridgehead atoms. The van der Waals surface area contributed by atoms with Gasteiger partial charge in [0, 0.05) is 16.7 Å². The van der Waals surface area contributed by atoms with Crippen LogP contribution >= 0.6 is 11.6 Å². The summed E-state index contributed by atoms with van der Waals surface area (Å²) >= 11 is 5.90. The summed E-state index contributed by atoms with van der Waals surface area (Å²) in [6.45, 7) is 0. The van der Waals surface area contributed by atoms with Crippen molar-refractivity contribution in [3.05, 3.63) is 65.3 Å². The maximum absolute atomic E-state index is 14.1. The normalized spacial score (nSPS) is 11.0. The molecular weight excluding hydrogens is 350 g/mol. The average molecular weight is 359 g/mol. The van der Waals surface area contributed by atoms with Crippen LogP contribution in [0.3, 0.4) is 0 Å². The van der Waals surface area contributed by atoms with E-state index in [0.717, 1.165) is 6.07 Å². The number of aromatic amines is 1. The Morgan fingerprint density at radius 1 is 1.00 bits per heavy atom. The standard InChI is InChI=1S/C16H9ClF2N6/c17-9-1-4-11(5-2-9)25-16(22-23-24-25)13-8-20-21-15(13)12-6-3-10(18)7-14(12)19/h1-8H,(H,20,21). The number of hydrogen-bond acceptors (Lipinski definition) is 4. The molecule has 25 heavy (non-hydrogen) atoms. The summed E-state index contributed by atoms with van der Waals surface area (Å²) < 4.78 is 28.8. The van der Waals surface area contributed by atoms with Crippen LogP contribution in [0.5, 0.6) is 0 Å². The summed E-state index contributed by atoms with van der Waals surface area (Å²) in [4.78, 5) is 0. The molecule has 0 fully saturated rings. The molecule has 124 valence electrons. The number of benzene rings is 2. The van der Waals surface area contributed by atoms with Crippen LogP contribution in [0.25, 0.3) is 28.3 Å². The molecule has 1 N–H and O–H groups in total. The van der Waals surface area contributed by atoms with E-state index in [-0.39, 0.29) is 5.56 Å². The fourth-order valence-electron chi connectivity index (χ4n) is 2.46. The van der Waals surface area contributed by atoms with Crippen molar-refractivity contribution in [2.45, 2.75) is 0 Å². The van der Waals surface area contributed by atoms with E-state index in [1.165, 1.54) is 23.0 Å². The Morgan fingerprint density at radius 2 is 1.80 bits per heavy atom. The highest BCUT2D eigenvalue weighted by molar-refractivity contribution is 6.30. The first-order chi connectivity index (χ1) is 12.1. The Hall–Kier alpha value is -3.13. The van der Waals surface area contributed by atoms with E-state index >= 15 is 0 Å². The van der Waals surface area contributed by atoms with Crippen LogP contribution in [0.15, 0.2) is 48.7 Å². The second kappa shape index (κ2) is 6.06. The molecule has 2 heterocycles. The van der Waals surface area contributed by atoms with Crippen LogP contribution < -0.4 is 0 Å². The second-order valence-corrected chi connectivity index (χ2v) is 5.61. The molecule has 0 aliphatic heterocycles. The maximum atomic E-state index is 14.1. The molecule has 0 saturated heterocycles. The van der Waals surface area contributed by atoms with E-state index in [2.05, 4.69) is 25.7 Å². The third-order valence-electron chi connectivity index (χ3n) is 3.62. The van der Waals surface area contributed by atoms with Gasteiger partial charge in [-0.25, -0.2) is 8.78 Å². The van der Waals surface area contributed by atoms with Crippen molar-refractivity contribution in [1.29, 1.82) is 0 Å². The summed E-state index contributed by atoms with van der Waals surface area (Å²) in [6, 6.07) is 10.2. The minimum absolute atomic E-state index is 0.166. The molecule has 2 aromatic carbocycles. The van der Waals surface area contributed by atoms with Crippen LogP contribution in [0, 0.1) is 11.6 Å². The van der Waals surface area contributed by atoms with E-state index in [1.807, 2.05) is 0 Å². The highest BCUT2D eigenvalue weighted by atomic mass is 35.5. The van der Waals surface area contributed by atoms with Crippen LogP contribution in [0.1, 0.15) is 0 Å². The molecule has 0 spiro atoms. The van der Waals surface area contributed by atoms with Crippen LogP contribution in [0.4, 0.5) is 8.78 Å². The van der Waals surface area contributed by atoms with Gasteiger partial charge in [-0.1, -0.05) is 11.6 Å². The molecule has 0 unspecified atom stereocenters. The van der Waals surface area contributed by atoms with Crippen LogP contribution in [-0.2, 0) is 0 Å². The van der Waals surface area contributed by atoms with Gasteiger partial charge in [-0.3, -0.25) is 5.10 Å². The number of halogens is 3. The lowest BCUT2D eigenvalue weighted by molar-refractivity contribution is 0.585. The molecule has 0 radical (unpaired) electrons. The Kier molecular flexibility index (Phi) is 3.73. The third-order valence-corrected chi connectivity index (χ3v) is 3.87. The topological polar surface area (TPSA) is 72.3 Å². The van der Waals surface area contributed by atoms with Crippen molar-refractivity contribution in [3.8, 4) is 28.3 Å². The van der Waals surface area contributed by atoms with Crippen LogP contribution in [0.2, 0.25) is 5.02 Å². The Balaban J connectivity index is 1.84. The molecular formula is C16H9ClF2N6. The van der Waals surface area contributed by atoms with Gasteiger partial charge < -0.3 is 0 Å². The minimum Gasteiger partial charge on any atom is -0.277 e. The number of nitrogens with zero attached hydrogens (tertiary/aromatic N) is 5. The molecule has 9 heteroatoms. The van der Waals surface area contributed by atoms with Crippen molar-refractivity contribution < 1.29 is 8.78 Å². The van der Waals surface area contributed by atoms with Gasteiger partial charge in [-0.05, 0) is 46.8 Å². The van der Waals surface area contributed by atoms with Gasteiger partial charge in [0.25, 0.3) is 0 Å². The molecule has 0 amide bonds. The van der Waals surface area contributed by atoms with Crippen molar-refractivity contribution >= 4 is 11.6 Å². The Labute approximate surface area is 145 Å². The average Bonchev–Trinajstić information content (AvgIpc) is 3.24. The molecule has 0 atom stereocenters. The van der Waals surface area contributed by atoms with Crippen molar-refractivity contribution in [3.63, 3.8) is 0 Å². The maximum Gasteiger partial charge on any atom is 0.190 e. The van der Waals surface area contributed by atoms with E-state index in [4.69, 9.17) is 11.6 Å². The number of nitrogens with one attached hydrogen (secondary N) is 1. The van der Waals surface area contributed by atoms with Gasteiger partial charge in [0.1, 0.15) is 11.6 Å². The minimum atomic E-state index is -0.712. The van der Waals surface area contributed by atoms with Gasteiger partial charge in [-0.2, -0.15) is 9.78 Å². The zero-order chi connectivity index (χ0) is 17.4. The van der Waals surface area contributed by atoms with E-state index in [9.17, 15) is 8.78 Å². The monoisotopic (exact) mass is 358 g/mol. The first-order valence-corrected chi connectivity index (χ1v) is 7.55. The van der Waals surface area contributed by atoms with E-state index < -0.39 is 11.6 Å². The van der Waals surface area contributed by atoms with Crippen molar-refractivity contribution in [1.82, 2.24) is 30.4 Å². The molecule has 0 saturated carbocycles. The summed E-state index contributed by atoms with van der Waals surface area (Å²) in [5.41, 5.74) is 1.67. The first kappa shape index (κ1) is 15.4. The highest BCUT2D eigenvalue weighted by Crippen LogP contribution is 2.31. The quantitative estimate of drug-likeness (QED) is 0.606. The summed E-state index contributed by atoms with van der Waals surface area (Å²) in [5.74, 6) is -1.01. The zero-order valence-corrected chi connectivity index (χ0v) is 13.2. The molecule has 4 aromatic rings. The number of H-pyrrole nitrogens is 1. The number of rotatable bonds is 3. The highest BCUT2D eigenvalue weighted by Gasteiger charge is 2.19. The van der Waals surface area contributed by atoms with E-state index in [1.54, 1.807) is 24.3 Å². The summed E-state index contributed by atoms with van der Waals surface area (Å²) in [5, 5.41) is 18.9. The molecule has 4 rings (SSSR count). The Bertz CT molecular complexity index is 1040. The van der Waals surface area contributed by atoms with Gasteiger partial charge in [-0.15, -0.1) is 5.10 Å². The van der Waals surface area contributed by atoms with Gasteiger partial charge in [0.05, 0.1) is 23.1 Å². The van der Waals surface area contributed by atoms with Gasteiger partial charge in [0.2, 0.25) is 0 Å². The predicted molar refractivity (Wildman–Crippen MR) is 87.1 cm³/mol. The molecule has 2 aromatic heterocycles. The molecule has 6 nitrogen and oxygen atoms in total. The van der Waals surface area contributed by atoms with Gasteiger partial charge in [0.15, 0.2) is 5.82 Å². The first-order valence-electron chi connectivity index (χ1n) is 7.17. The Morgan fingerprint density at radius 3 is 2.56 bits per heavy atom. The lowest BCUT2D eigenvalue weighted by Gasteiger charge is -2.06. The zero-order valence-electron chi connectivity index (χ0n) is 12.5. The van der Waals surface area contributed by atoms with Crippen molar-refractivity contribution in [2.75, 3.05) is 0 Å².